The second kappa shape index (κ2) is 2.43. The van der Waals surface area contributed by atoms with Gasteiger partial charge in [0.2, 0.25) is 0 Å². The molecule has 0 saturated heterocycles. The minimum atomic E-state index is 0.367. The number of anilines is 3. The van der Waals surface area contributed by atoms with E-state index < -0.39 is 0 Å². The second-order valence-electron chi connectivity index (χ2n) is 1.92. The van der Waals surface area contributed by atoms with Crippen LogP contribution in [0.4, 0.5) is 17.3 Å². The Morgan fingerprint density at radius 1 is 1.40 bits per heavy atom. The number of nitrogens with one attached hydrogen (secondary N) is 1. The maximum Gasteiger partial charge on any atom is 0.149 e. The third kappa shape index (κ3) is 1.10. The zero-order valence-corrected chi connectivity index (χ0v) is 5.76. The second-order valence-corrected chi connectivity index (χ2v) is 1.92. The molecule has 0 aromatic carbocycles. The molecule has 0 aliphatic heterocycles. The van der Waals surface area contributed by atoms with Crippen LogP contribution in [0.3, 0.4) is 0 Å². The lowest BCUT2D eigenvalue weighted by molar-refractivity contribution is 1.30. The molecule has 10 heavy (non-hydrogen) atoms. The maximum atomic E-state index is 5.43. The molecule has 1 rings (SSSR count). The first-order valence-corrected chi connectivity index (χ1v) is 2.94. The van der Waals surface area contributed by atoms with Crippen molar-refractivity contribution in [3.63, 3.8) is 0 Å². The first kappa shape index (κ1) is 6.67. The van der Waals surface area contributed by atoms with E-state index in [1.54, 1.807) is 19.2 Å². The van der Waals surface area contributed by atoms with Crippen LogP contribution in [0, 0.1) is 0 Å². The van der Waals surface area contributed by atoms with Crippen LogP contribution in [0.5, 0.6) is 0 Å². The average molecular weight is 138 g/mol. The predicted octanol–water partition coefficient (Wildman–Crippen LogP) is 0.288. The molecule has 1 aromatic rings. The van der Waals surface area contributed by atoms with Crippen molar-refractivity contribution in [3.8, 4) is 0 Å². The van der Waals surface area contributed by atoms with Crippen LogP contribution in [-0.4, -0.2) is 12.0 Å². The van der Waals surface area contributed by atoms with Gasteiger partial charge in [0.15, 0.2) is 0 Å². The Morgan fingerprint density at radius 2 is 2.10 bits per heavy atom. The number of aromatic nitrogens is 1. The van der Waals surface area contributed by atoms with E-state index >= 15 is 0 Å². The summed E-state index contributed by atoms with van der Waals surface area (Å²) in [5, 5.41) is 2.85. The topological polar surface area (TPSA) is 77.0 Å². The van der Waals surface area contributed by atoms with Gasteiger partial charge in [0, 0.05) is 7.05 Å². The summed E-state index contributed by atoms with van der Waals surface area (Å²) in [7, 11) is 1.78. The Hall–Kier alpha value is -1.45. The molecule has 0 unspecified atom stereocenters. The SMILES string of the molecule is CNc1ccc(N)c(N)n1. The highest BCUT2D eigenvalue weighted by atomic mass is 15.0. The summed E-state index contributed by atoms with van der Waals surface area (Å²) < 4.78 is 0. The molecular weight excluding hydrogens is 128 g/mol. The fourth-order valence-electron chi connectivity index (χ4n) is 0.625. The monoisotopic (exact) mass is 138 g/mol. The molecule has 0 amide bonds. The van der Waals surface area contributed by atoms with E-state index in [2.05, 4.69) is 10.3 Å². The Morgan fingerprint density at radius 3 is 2.60 bits per heavy atom. The molecule has 0 spiro atoms. The molecule has 0 bridgehead atoms. The van der Waals surface area contributed by atoms with Crippen LogP contribution in [0.2, 0.25) is 0 Å². The van der Waals surface area contributed by atoms with Gasteiger partial charge in [-0.1, -0.05) is 0 Å². The average Bonchev–Trinajstić information content (AvgIpc) is 1.95. The van der Waals surface area contributed by atoms with Crippen molar-refractivity contribution < 1.29 is 0 Å². The van der Waals surface area contributed by atoms with E-state index in [1.165, 1.54) is 0 Å². The third-order valence-electron chi connectivity index (χ3n) is 1.21. The molecule has 0 aliphatic rings. The van der Waals surface area contributed by atoms with Gasteiger partial charge in [-0.15, -0.1) is 0 Å². The molecule has 54 valence electrons. The van der Waals surface area contributed by atoms with Crippen molar-refractivity contribution >= 4 is 17.3 Å². The smallest absolute Gasteiger partial charge is 0.149 e. The van der Waals surface area contributed by atoms with Gasteiger partial charge in [-0.25, -0.2) is 4.98 Å². The van der Waals surface area contributed by atoms with Gasteiger partial charge in [-0.2, -0.15) is 0 Å². The Balaban J connectivity index is 3.04. The first-order valence-electron chi connectivity index (χ1n) is 2.94. The van der Waals surface area contributed by atoms with Crippen LogP contribution in [0.25, 0.3) is 0 Å². The van der Waals surface area contributed by atoms with Gasteiger partial charge >= 0.3 is 0 Å². The van der Waals surface area contributed by atoms with Gasteiger partial charge < -0.3 is 16.8 Å². The van der Waals surface area contributed by atoms with Gasteiger partial charge in [0.25, 0.3) is 0 Å². The number of hydrogen-bond acceptors (Lipinski definition) is 4. The number of pyridine rings is 1. The summed E-state index contributed by atoms with van der Waals surface area (Å²) in [6.07, 6.45) is 0. The van der Waals surface area contributed by atoms with Crippen LogP contribution >= 0.6 is 0 Å². The van der Waals surface area contributed by atoms with Gasteiger partial charge in [-0.3, -0.25) is 0 Å². The largest absolute Gasteiger partial charge is 0.396 e. The Bertz CT molecular complexity index is 233. The predicted molar refractivity (Wildman–Crippen MR) is 42.6 cm³/mol. The fourth-order valence-corrected chi connectivity index (χ4v) is 0.625. The van der Waals surface area contributed by atoms with E-state index in [9.17, 15) is 0 Å². The molecule has 0 fully saturated rings. The normalized spacial score (nSPS) is 9.30. The maximum absolute atomic E-state index is 5.43. The highest BCUT2D eigenvalue weighted by molar-refractivity contribution is 5.61. The van der Waals surface area contributed by atoms with Crippen LogP contribution in [0.1, 0.15) is 0 Å². The van der Waals surface area contributed by atoms with Crippen LogP contribution in [-0.2, 0) is 0 Å². The molecule has 4 heteroatoms. The third-order valence-corrected chi connectivity index (χ3v) is 1.21. The van der Waals surface area contributed by atoms with Crippen molar-refractivity contribution in [3.05, 3.63) is 12.1 Å². The minimum Gasteiger partial charge on any atom is -0.396 e. The number of hydrogen-bond donors (Lipinski definition) is 3. The molecule has 0 radical (unpaired) electrons. The van der Waals surface area contributed by atoms with E-state index in [0.717, 1.165) is 5.82 Å². The molecule has 1 aromatic heterocycles. The van der Waals surface area contributed by atoms with Gasteiger partial charge in [0.05, 0.1) is 5.69 Å². The molecule has 0 aliphatic carbocycles. The van der Waals surface area contributed by atoms with E-state index in [4.69, 9.17) is 11.5 Å². The van der Waals surface area contributed by atoms with Crippen molar-refractivity contribution in [1.29, 1.82) is 0 Å². The standard InChI is InChI=1S/C6H10N4/c1-9-5-3-2-4(7)6(8)10-5/h2-3H,7H2,1H3,(H3,8,9,10). The molecule has 4 nitrogen and oxygen atoms in total. The summed E-state index contributed by atoms with van der Waals surface area (Å²) >= 11 is 0. The fraction of sp³-hybridized carbons (Fsp3) is 0.167. The highest BCUT2D eigenvalue weighted by Gasteiger charge is 1.94. The zero-order chi connectivity index (χ0) is 7.56. The van der Waals surface area contributed by atoms with Crippen molar-refractivity contribution in [2.24, 2.45) is 0 Å². The summed E-state index contributed by atoms with van der Waals surface area (Å²) in [5.74, 6) is 1.10. The molecule has 0 saturated carbocycles. The minimum absolute atomic E-state index is 0.367. The van der Waals surface area contributed by atoms with Gasteiger partial charge in [-0.05, 0) is 12.1 Å². The Kier molecular flexibility index (Phi) is 1.62. The quantitative estimate of drug-likeness (QED) is 0.521. The molecule has 5 N–H and O–H groups in total. The number of nitrogens with zero attached hydrogens (tertiary/aromatic N) is 1. The highest BCUT2D eigenvalue weighted by Crippen LogP contribution is 2.13. The lowest BCUT2D eigenvalue weighted by Gasteiger charge is -2.01. The number of nitrogens with two attached hydrogens (primary N) is 2. The van der Waals surface area contributed by atoms with Crippen molar-refractivity contribution in [1.82, 2.24) is 4.98 Å². The molecule has 1 heterocycles. The summed E-state index contributed by atoms with van der Waals surface area (Å²) in [5.41, 5.74) is 11.4. The van der Waals surface area contributed by atoms with E-state index in [-0.39, 0.29) is 0 Å². The number of rotatable bonds is 1. The zero-order valence-electron chi connectivity index (χ0n) is 5.76. The molecule has 0 atom stereocenters. The van der Waals surface area contributed by atoms with E-state index in [1.807, 2.05) is 0 Å². The summed E-state index contributed by atoms with van der Waals surface area (Å²) in [6, 6.07) is 3.49. The Labute approximate surface area is 59.2 Å². The molecular formula is C6H10N4. The van der Waals surface area contributed by atoms with E-state index in [0.29, 0.717) is 11.5 Å². The van der Waals surface area contributed by atoms with Crippen LogP contribution in [0.15, 0.2) is 12.1 Å². The van der Waals surface area contributed by atoms with Gasteiger partial charge in [0.1, 0.15) is 11.6 Å². The lowest BCUT2D eigenvalue weighted by atomic mass is 10.4. The number of nitrogen functional groups attached to an aromatic ring is 2. The summed E-state index contributed by atoms with van der Waals surface area (Å²) in [6.45, 7) is 0. The van der Waals surface area contributed by atoms with Crippen molar-refractivity contribution in [2.45, 2.75) is 0 Å². The first-order chi connectivity index (χ1) is 4.74. The summed E-state index contributed by atoms with van der Waals surface area (Å²) in [4.78, 5) is 3.93. The van der Waals surface area contributed by atoms with Crippen molar-refractivity contribution in [2.75, 3.05) is 23.8 Å². The lowest BCUT2D eigenvalue weighted by Crippen LogP contribution is -2.00. The van der Waals surface area contributed by atoms with Crippen LogP contribution < -0.4 is 16.8 Å².